The number of alkyl halides is 6. The lowest BCUT2D eigenvalue weighted by Gasteiger charge is -2.21. The third kappa shape index (κ3) is 2.88. The van der Waals surface area contributed by atoms with Crippen molar-refractivity contribution >= 4 is 17.4 Å². The second-order valence-corrected chi connectivity index (χ2v) is 4.65. The molecular formula is C10H7ClF6N2. The first-order chi connectivity index (χ1) is 8.53. The van der Waals surface area contributed by atoms with Crippen LogP contribution in [0.1, 0.15) is 18.4 Å². The van der Waals surface area contributed by atoms with Gasteiger partial charge < -0.3 is 5.32 Å². The summed E-state index contributed by atoms with van der Waals surface area (Å²) in [6.45, 7) is 0. The Labute approximate surface area is 108 Å². The standard InChI is InChI=1S/C10H7ClF6N2/c11-6-3-5(9(12,13)14)4-7(18-6)19-8(1-2-8)10(15,16)17/h3-4H,1-2H2,(H,18,19). The van der Waals surface area contributed by atoms with Gasteiger partial charge in [-0.2, -0.15) is 26.3 Å². The highest BCUT2D eigenvalue weighted by Crippen LogP contribution is 2.51. The number of anilines is 1. The minimum Gasteiger partial charge on any atom is -0.356 e. The molecule has 0 spiro atoms. The van der Waals surface area contributed by atoms with Crippen LogP contribution in [0.3, 0.4) is 0 Å². The van der Waals surface area contributed by atoms with Crippen molar-refractivity contribution in [3.8, 4) is 0 Å². The molecule has 0 aromatic carbocycles. The lowest BCUT2D eigenvalue weighted by molar-refractivity contribution is -0.151. The lowest BCUT2D eigenvalue weighted by atomic mass is 10.2. The molecule has 0 saturated heterocycles. The van der Waals surface area contributed by atoms with Crippen molar-refractivity contribution in [1.29, 1.82) is 0 Å². The van der Waals surface area contributed by atoms with Crippen LogP contribution in [0.5, 0.6) is 0 Å². The first-order valence-electron chi connectivity index (χ1n) is 5.13. The number of hydrogen-bond donors (Lipinski definition) is 1. The maximum atomic E-state index is 12.7. The van der Waals surface area contributed by atoms with Gasteiger partial charge in [0.1, 0.15) is 16.5 Å². The van der Waals surface area contributed by atoms with E-state index in [1.807, 2.05) is 5.32 Å². The molecule has 0 bridgehead atoms. The van der Waals surface area contributed by atoms with Gasteiger partial charge in [0.25, 0.3) is 0 Å². The van der Waals surface area contributed by atoms with Crippen LogP contribution in [0.4, 0.5) is 32.2 Å². The van der Waals surface area contributed by atoms with Gasteiger partial charge in [-0.1, -0.05) is 11.6 Å². The zero-order valence-electron chi connectivity index (χ0n) is 9.16. The van der Waals surface area contributed by atoms with E-state index in [4.69, 9.17) is 11.6 Å². The fourth-order valence-corrected chi connectivity index (χ4v) is 1.78. The van der Waals surface area contributed by atoms with E-state index in [0.29, 0.717) is 12.1 Å². The van der Waals surface area contributed by atoms with Gasteiger partial charge in [0.2, 0.25) is 0 Å². The zero-order valence-corrected chi connectivity index (χ0v) is 9.92. The molecule has 2 rings (SSSR count). The van der Waals surface area contributed by atoms with E-state index in [2.05, 4.69) is 4.98 Å². The second-order valence-electron chi connectivity index (χ2n) is 4.27. The summed E-state index contributed by atoms with van der Waals surface area (Å²) in [5.41, 5.74) is -3.33. The molecule has 1 aromatic heterocycles. The fourth-order valence-electron chi connectivity index (χ4n) is 1.57. The molecular weight excluding hydrogens is 298 g/mol. The number of pyridine rings is 1. The van der Waals surface area contributed by atoms with Crippen molar-refractivity contribution in [2.24, 2.45) is 0 Å². The van der Waals surface area contributed by atoms with Gasteiger partial charge in [-0.25, -0.2) is 4.98 Å². The molecule has 1 fully saturated rings. The Balaban J connectivity index is 2.30. The molecule has 0 aliphatic heterocycles. The summed E-state index contributed by atoms with van der Waals surface area (Å²) in [5, 5.41) is 1.48. The molecule has 0 unspecified atom stereocenters. The molecule has 1 aromatic rings. The average Bonchev–Trinajstić information content (AvgIpc) is 2.95. The quantitative estimate of drug-likeness (QED) is 0.652. The normalized spacial score (nSPS) is 18.3. The predicted octanol–water partition coefficient (Wildman–Crippen LogP) is 4.26. The van der Waals surface area contributed by atoms with Gasteiger partial charge in [-0.3, -0.25) is 0 Å². The smallest absolute Gasteiger partial charge is 0.356 e. The highest BCUT2D eigenvalue weighted by Gasteiger charge is 2.63. The summed E-state index contributed by atoms with van der Waals surface area (Å²) < 4.78 is 75.5. The molecule has 1 heterocycles. The summed E-state index contributed by atoms with van der Waals surface area (Å²) >= 11 is 5.39. The monoisotopic (exact) mass is 304 g/mol. The number of nitrogens with one attached hydrogen (secondary N) is 1. The predicted molar refractivity (Wildman–Crippen MR) is 55.9 cm³/mol. The van der Waals surface area contributed by atoms with Crippen molar-refractivity contribution in [1.82, 2.24) is 4.98 Å². The van der Waals surface area contributed by atoms with E-state index in [-0.39, 0.29) is 12.8 Å². The van der Waals surface area contributed by atoms with Crippen LogP contribution in [-0.2, 0) is 6.18 Å². The molecule has 0 radical (unpaired) electrons. The summed E-state index contributed by atoms with van der Waals surface area (Å²) in [5.74, 6) is -0.533. The maximum absolute atomic E-state index is 12.7. The van der Waals surface area contributed by atoms with Crippen LogP contribution in [0.25, 0.3) is 0 Å². The Morgan fingerprint density at radius 2 is 1.68 bits per heavy atom. The number of rotatable bonds is 2. The molecule has 0 amide bonds. The van der Waals surface area contributed by atoms with Crippen molar-refractivity contribution in [2.75, 3.05) is 5.32 Å². The molecule has 1 N–H and O–H groups in total. The van der Waals surface area contributed by atoms with E-state index in [9.17, 15) is 26.3 Å². The molecule has 1 aliphatic carbocycles. The van der Waals surface area contributed by atoms with Crippen LogP contribution in [0, 0.1) is 0 Å². The van der Waals surface area contributed by atoms with Crippen LogP contribution >= 0.6 is 11.6 Å². The van der Waals surface area contributed by atoms with Gasteiger partial charge in [-0.15, -0.1) is 0 Å². The first kappa shape index (κ1) is 14.2. The Hall–Kier alpha value is -1.18. The highest BCUT2D eigenvalue weighted by atomic mass is 35.5. The third-order valence-electron chi connectivity index (χ3n) is 2.78. The van der Waals surface area contributed by atoms with Crippen molar-refractivity contribution in [2.45, 2.75) is 30.7 Å². The molecule has 106 valence electrons. The fraction of sp³-hybridized carbons (Fsp3) is 0.500. The molecule has 9 heteroatoms. The summed E-state index contributed by atoms with van der Waals surface area (Å²) in [6, 6.07) is 1.07. The Morgan fingerprint density at radius 1 is 1.11 bits per heavy atom. The Morgan fingerprint density at radius 3 is 2.11 bits per heavy atom. The second kappa shape index (κ2) is 4.16. The number of nitrogens with zero attached hydrogens (tertiary/aromatic N) is 1. The Bertz CT molecular complexity index is 492. The minimum atomic E-state index is -4.70. The highest BCUT2D eigenvalue weighted by molar-refractivity contribution is 6.29. The van der Waals surface area contributed by atoms with Crippen molar-refractivity contribution in [3.05, 3.63) is 22.8 Å². The molecule has 2 nitrogen and oxygen atoms in total. The SMILES string of the molecule is FC(F)(F)c1cc(Cl)nc(NC2(C(F)(F)F)CC2)c1. The third-order valence-corrected chi connectivity index (χ3v) is 2.98. The van der Waals surface area contributed by atoms with Crippen LogP contribution in [0.15, 0.2) is 12.1 Å². The van der Waals surface area contributed by atoms with Crippen molar-refractivity contribution in [3.63, 3.8) is 0 Å². The largest absolute Gasteiger partial charge is 0.416 e. The molecule has 0 atom stereocenters. The Kier molecular flexibility index (Phi) is 3.11. The van der Waals surface area contributed by atoms with E-state index >= 15 is 0 Å². The summed E-state index contributed by atoms with van der Waals surface area (Å²) in [7, 11) is 0. The van der Waals surface area contributed by atoms with E-state index in [1.165, 1.54) is 0 Å². The first-order valence-corrected chi connectivity index (χ1v) is 5.51. The average molecular weight is 305 g/mol. The van der Waals surface area contributed by atoms with Crippen LogP contribution in [0.2, 0.25) is 5.15 Å². The van der Waals surface area contributed by atoms with Gasteiger partial charge >= 0.3 is 12.4 Å². The topological polar surface area (TPSA) is 24.9 Å². The van der Waals surface area contributed by atoms with Gasteiger partial charge in [0.05, 0.1) is 5.56 Å². The molecule has 1 aliphatic rings. The number of halogens is 7. The van der Waals surface area contributed by atoms with Gasteiger partial charge in [-0.05, 0) is 25.0 Å². The maximum Gasteiger partial charge on any atom is 0.416 e. The number of hydrogen-bond acceptors (Lipinski definition) is 2. The summed E-state index contributed by atoms with van der Waals surface area (Å²) in [4.78, 5) is 3.44. The van der Waals surface area contributed by atoms with Gasteiger partial charge in [0.15, 0.2) is 0 Å². The van der Waals surface area contributed by atoms with E-state index < -0.39 is 34.4 Å². The van der Waals surface area contributed by atoms with E-state index in [1.54, 1.807) is 0 Å². The molecule has 1 saturated carbocycles. The minimum absolute atomic E-state index is 0.202. The van der Waals surface area contributed by atoms with Gasteiger partial charge in [0, 0.05) is 0 Å². The molecule has 19 heavy (non-hydrogen) atoms. The van der Waals surface area contributed by atoms with Crippen LogP contribution in [-0.4, -0.2) is 16.7 Å². The zero-order chi connectivity index (χ0) is 14.5. The van der Waals surface area contributed by atoms with Crippen LogP contribution < -0.4 is 5.32 Å². The van der Waals surface area contributed by atoms with E-state index in [0.717, 1.165) is 0 Å². The summed E-state index contributed by atoms with van der Waals surface area (Å²) in [6.07, 6.45) is -9.65. The number of aromatic nitrogens is 1. The lowest BCUT2D eigenvalue weighted by Crippen LogP contribution is -2.39. The van der Waals surface area contributed by atoms with Crippen molar-refractivity contribution < 1.29 is 26.3 Å².